The second kappa shape index (κ2) is 4.77. The highest BCUT2D eigenvalue weighted by atomic mass is 15.2. The van der Waals surface area contributed by atoms with Crippen LogP contribution in [0.15, 0.2) is 12.2 Å². The smallest absolute Gasteiger partial charge is 0.0203 e. The number of hydrogen-bond acceptors (Lipinski definition) is 2. The average Bonchev–Trinajstić information content (AvgIpc) is 2.31. The van der Waals surface area contributed by atoms with Gasteiger partial charge >= 0.3 is 0 Å². The van der Waals surface area contributed by atoms with Crippen molar-refractivity contribution in [3.05, 3.63) is 12.2 Å². The highest BCUT2D eigenvalue weighted by Gasteiger charge is 2.25. The Bertz CT molecular complexity index is 167. The summed E-state index contributed by atoms with van der Waals surface area (Å²) < 4.78 is 0. The Hall–Kier alpha value is -0.340. The number of likely N-dealkylation sites (N-methyl/N-ethyl adjacent to an activating group) is 1. The molecule has 1 saturated heterocycles. The molecule has 2 heteroatoms. The van der Waals surface area contributed by atoms with Crippen molar-refractivity contribution in [2.45, 2.75) is 13.8 Å². The lowest BCUT2D eigenvalue weighted by atomic mass is 10.0. The fourth-order valence-corrected chi connectivity index (χ4v) is 2.00. The van der Waals surface area contributed by atoms with Gasteiger partial charge in [0.15, 0.2) is 0 Å². The van der Waals surface area contributed by atoms with Crippen molar-refractivity contribution in [3.8, 4) is 0 Å². The summed E-state index contributed by atoms with van der Waals surface area (Å²) in [6.07, 6.45) is 0. The third-order valence-electron chi connectivity index (χ3n) is 2.94. The predicted octanol–water partition coefficient (Wildman–Crippen LogP) is 1.35. The van der Waals surface area contributed by atoms with E-state index in [4.69, 9.17) is 0 Å². The molecular formula is C11H22N2. The van der Waals surface area contributed by atoms with Crippen LogP contribution in [0.3, 0.4) is 0 Å². The van der Waals surface area contributed by atoms with E-state index >= 15 is 0 Å². The number of hydrogen-bond donors (Lipinski definition) is 1. The minimum atomic E-state index is 0.849. The SMILES string of the molecule is C=C(CNC)CN1CC(C)C(C)C1. The van der Waals surface area contributed by atoms with Gasteiger partial charge in [-0.05, 0) is 24.5 Å². The molecule has 0 radical (unpaired) electrons. The van der Waals surface area contributed by atoms with E-state index in [0.717, 1.165) is 24.9 Å². The van der Waals surface area contributed by atoms with E-state index in [1.807, 2.05) is 7.05 Å². The van der Waals surface area contributed by atoms with Crippen molar-refractivity contribution in [2.24, 2.45) is 11.8 Å². The minimum Gasteiger partial charge on any atom is -0.316 e. The predicted molar refractivity (Wildman–Crippen MR) is 57.8 cm³/mol. The van der Waals surface area contributed by atoms with Crippen LogP contribution in [0.5, 0.6) is 0 Å². The third kappa shape index (κ3) is 3.12. The first-order chi connectivity index (χ1) is 6.13. The van der Waals surface area contributed by atoms with Crippen LogP contribution in [0.2, 0.25) is 0 Å². The third-order valence-corrected chi connectivity index (χ3v) is 2.94. The van der Waals surface area contributed by atoms with Gasteiger partial charge in [-0.2, -0.15) is 0 Å². The standard InChI is InChI=1S/C11H22N2/c1-9(5-12-4)6-13-7-10(2)11(3)8-13/h10-12H,1,5-8H2,2-4H3. The number of nitrogens with one attached hydrogen (secondary N) is 1. The van der Waals surface area contributed by atoms with Gasteiger partial charge in [0.25, 0.3) is 0 Å². The van der Waals surface area contributed by atoms with Crippen molar-refractivity contribution in [2.75, 3.05) is 33.2 Å². The summed E-state index contributed by atoms with van der Waals surface area (Å²) in [7, 11) is 1.97. The van der Waals surface area contributed by atoms with Crippen LogP contribution in [-0.2, 0) is 0 Å². The van der Waals surface area contributed by atoms with Crippen LogP contribution in [0.4, 0.5) is 0 Å². The normalized spacial score (nSPS) is 29.5. The molecule has 1 fully saturated rings. The Morgan fingerprint density at radius 1 is 1.38 bits per heavy atom. The lowest BCUT2D eigenvalue weighted by molar-refractivity contribution is 0.349. The van der Waals surface area contributed by atoms with Gasteiger partial charge in [-0.3, -0.25) is 4.90 Å². The Morgan fingerprint density at radius 2 is 1.92 bits per heavy atom. The van der Waals surface area contributed by atoms with Gasteiger partial charge in [0.1, 0.15) is 0 Å². The molecule has 1 aliphatic heterocycles. The molecule has 1 N–H and O–H groups in total. The largest absolute Gasteiger partial charge is 0.316 e. The summed E-state index contributed by atoms with van der Waals surface area (Å²) in [5.41, 5.74) is 1.30. The molecule has 1 rings (SSSR count). The van der Waals surface area contributed by atoms with Gasteiger partial charge in [0.05, 0.1) is 0 Å². The lowest BCUT2D eigenvalue weighted by Crippen LogP contribution is -2.26. The molecule has 1 aliphatic rings. The van der Waals surface area contributed by atoms with Crippen molar-refractivity contribution in [1.82, 2.24) is 10.2 Å². The zero-order valence-corrected chi connectivity index (χ0v) is 9.14. The maximum atomic E-state index is 4.05. The van der Waals surface area contributed by atoms with Crippen molar-refractivity contribution < 1.29 is 0 Å². The highest BCUT2D eigenvalue weighted by Crippen LogP contribution is 2.22. The van der Waals surface area contributed by atoms with Crippen LogP contribution in [0.25, 0.3) is 0 Å². The molecule has 0 aromatic carbocycles. The van der Waals surface area contributed by atoms with Crippen molar-refractivity contribution >= 4 is 0 Å². The van der Waals surface area contributed by atoms with Crippen LogP contribution < -0.4 is 5.32 Å². The Kier molecular flexibility index (Phi) is 3.94. The zero-order chi connectivity index (χ0) is 9.84. The van der Waals surface area contributed by atoms with Gasteiger partial charge in [-0.1, -0.05) is 20.4 Å². The summed E-state index contributed by atoms with van der Waals surface area (Å²) in [5.74, 6) is 1.70. The summed E-state index contributed by atoms with van der Waals surface area (Å²) >= 11 is 0. The van der Waals surface area contributed by atoms with E-state index in [9.17, 15) is 0 Å². The van der Waals surface area contributed by atoms with E-state index in [1.165, 1.54) is 18.7 Å². The van der Waals surface area contributed by atoms with Crippen LogP contribution in [0.1, 0.15) is 13.8 Å². The van der Waals surface area contributed by atoms with Gasteiger partial charge < -0.3 is 5.32 Å². The maximum absolute atomic E-state index is 4.05. The van der Waals surface area contributed by atoms with Crippen molar-refractivity contribution in [1.29, 1.82) is 0 Å². The van der Waals surface area contributed by atoms with Gasteiger partial charge in [0.2, 0.25) is 0 Å². The summed E-state index contributed by atoms with van der Waals surface area (Å²) in [6.45, 7) is 13.2. The number of rotatable bonds is 4. The van der Waals surface area contributed by atoms with E-state index in [-0.39, 0.29) is 0 Å². The van der Waals surface area contributed by atoms with Crippen LogP contribution in [-0.4, -0.2) is 38.1 Å². The van der Waals surface area contributed by atoms with Crippen LogP contribution >= 0.6 is 0 Å². The number of nitrogens with zero attached hydrogens (tertiary/aromatic N) is 1. The summed E-state index contributed by atoms with van der Waals surface area (Å²) in [6, 6.07) is 0. The topological polar surface area (TPSA) is 15.3 Å². The molecule has 0 bridgehead atoms. The molecule has 76 valence electrons. The average molecular weight is 182 g/mol. The van der Waals surface area contributed by atoms with E-state index in [1.54, 1.807) is 0 Å². The molecular weight excluding hydrogens is 160 g/mol. The Labute approximate surface area is 82.0 Å². The summed E-state index contributed by atoms with van der Waals surface area (Å²) in [4.78, 5) is 2.51. The van der Waals surface area contributed by atoms with Crippen LogP contribution in [0, 0.1) is 11.8 Å². The van der Waals surface area contributed by atoms with Gasteiger partial charge in [0, 0.05) is 26.2 Å². The fraction of sp³-hybridized carbons (Fsp3) is 0.818. The van der Waals surface area contributed by atoms with E-state index < -0.39 is 0 Å². The molecule has 2 unspecified atom stereocenters. The molecule has 0 aromatic rings. The minimum absolute atomic E-state index is 0.849. The fourth-order valence-electron chi connectivity index (χ4n) is 2.00. The molecule has 0 saturated carbocycles. The highest BCUT2D eigenvalue weighted by molar-refractivity contribution is 5.00. The molecule has 0 aromatic heterocycles. The molecule has 0 aliphatic carbocycles. The lowest BCUT2D eigenvalue weighted by Gasteiger charge is -2.16. The Balaban J connectivity index is 2.27. The number of likely N-dealkylation sites (tertiary alicyclic amines) is 1. The van der Waals surface area contributed by atoms with E-state index in [0.29, 0.717) is 0 Å². The van der Waals surface area contributed by atoms with Gasteiger partial charge in [-0.15, -0.1) is 0 Å². The molecule has 13 heavy (non-hydrogen) atoms. The first-order valence-electron chi connectivity index (χ1n) is 5.17. The molecule has 2 atom stereocenters. The molecule has 0 spiro atoms. The second-order valence-corrected chi connectivity index (χ2v) is 4.43. The zero-order valence-electron chi connectivity index (χ0n) is 9.14. The monoisotopic (exact) mass is 182 g/mol. The van der Waals surface area contributed by atoms with Crippen molar-refractivity contribution in [3.63, 3.8) is 0 Å². The van der Waals surface area contributed by atoms with E-state index in [2.05, 4.69) is 30.6 Å². The first kappa shape index (κ1) is 10.7. The quantitative estimate of drug-likeness (QED) is 0.660. The second-order valence-electron chi connectivity index (χ2n) is 4.43. The Morgan fingerprint density at radius 3 is 2.38 bits per heavy atom. The van der Waals surface area contributed by atoms with Gasteiger partial charge in [-0.25, -0.2) is 0 Å². The molecule has 1 heterocycles. The first-order valence-corrected chi connectivity index (χ1v) is 5.17. The molecule has 0 amide bonds. The maximum Gasteiger partial charge on any atom is 0.0203 e. The summed E-state index contributed by atoms with van der Waals surface area (Å²) in [5, 5.41) is 3.14. The molecule has 2 nitrogen and oxygen atoms in total.